The second-order valence-electron chi connectivity index (χ2n) is 15.3. The van der Waals surface area contributed by atoms with Gasteiger partial charge in [-0.1, -0.05) is 125 Å². The summed E-state index contributed by atoms with van der Waals surface area (Å²) in [6.07, 6.45) is 0. The molecule has 0 saturated heterocycles. The minimum absolute atomic E-state index is 0.0734. The minimum atomic E-state index is -0.151. The molecule has 0 unspecified atom stereocenters. The van der Waals surface area contributed by atoms with Gasteiger partial charge >= 0.3 is 0 Å². The summed E-state index contributed by atoms with van der Waals surface area (Å²) in [5.74, 6) is 0. The van der Waals surface area contributed by atoms with Gasteiger partial charge in [0.1, 0.15) is 11.2 Å². The molecule has 2 nitrogen and oxygen atoms in total. The van der Waals surface area contributed by atoms with Crippen LogP contribution in [0.25, 0.3) is 82.8 Å². The van der Waals surface area contributed by atoms with Crippen LogP contribution in [0.5, 0.6) is 0 Å². The van der Waals surface area contributed by atoms with Crippen molar-refractivity contribution in [3.8, 4) is 39.1 Å². The molecular formula is C48H35NO. The summed E-state index contributed by atoms with van der Waals surface area (Å²) >= 11 is 0. The largest absolute Gasteiger partial charge is 0.455 e. The van der Waals surface area contributed by atoms with Crippen molar-refractivity contribution in [1.82, 2.24) is 4.57 Å². The van der Waals surface area contributed by atoms with Gasteiger partial charge in [0.05, 0.1) is 11.0 Å². The molecule has 2 aliphatic rings. The lowest BCUT2D eigenvalue weighted by Crippen LogP contribution is -2.14. The number of nitrogens with zero attached hydrogens (tertiary/aromatic N) is 1. The molecule has 50 heavy (non-hydrogen) atoms. The number of hydrogen-bond acceptors (Lipinski definition) is 1. The van der Waals surface area contributed by atoms with Gasteiger partial charge in [0.15, 0.2) is 0 Å². The van der Waals surface area contributed by atoms with Gasteiger partial charge < -0.3 is 8.98 Å². The summed E-state index contributed by atoms with van der Waals surface area (Å²) in [5.41, 5.74) is 18.5. The number of para-hydroxylation sites is 2. The number of aromatic nitrogens is 1. The van der Waals surface area contributed by atoms with Crippen LogP contribution < -0.4 is 0 Å². The molecule has 238 valence electrons. The van der Waals surface area contributed by atoms with E-state index in [1.54, 1.807) is 0 Å². The van der Waals surface area contributed by atoms with E-state index in [4.69, 9.17) is 4.42 Å². The van der Waals surface area contributed by atoms with E-state index in [-0.39, 0.29) is 10.8 Å². The maximum atomic E-state index is 6.70. The Morgan fingerprint density at radius 3 is 2.02 bits per heavy atom. The standard InChI is InChI=1S/C48H35NO/c1-47(2)37-18-10-8-15-31(37)34-26-36-35-25-28(21-24-41(35)49(42(36)27-40(34)47)29-13-6-5-7-14-29)30-17-12-19-38-44(30)45-39(48(38,3)4)23-22-33-32-16-9-11-20-43(32)50-46(33)45/h5-27H,1-4H3. The molecule has 11 rings (SSSR count). The van der Waals surface area contributed by atoms with Gasteiger partial charge in [0.2, 0.25) is 0 Å². The van der Waals surface area contributed by atoms with Crippen molar-refractivity contribution in [2.45, 2.75) is 38.5 Å². The molecule has 0 fully saturated rings. The summed E-state index contributed by atoms with van der Waals surface area (Å²) in [7, 11) is 0. The first-order valence-electron chi connectivity index (χ1n) is 17.7. The molecule has 0 bridgehead atoms. The number of benzene rings is 7. The van der Waals surface area contributed by atoms with Gasteiger partial charge in [-0.2, -0.15) is 0 Å². The molecule has 2 aliphatic carbocycles. The van der Waals surface area contributed by atoms with E-state index < -0.39 is 0 Å². The van der Waals surface area contributed by atoms with Gasteiger partial charge in [-0.15, -0.1) is 0 Å². The number of hydrogen-bond donors (Lipinski definition) is 0. The molecule has 9 aromatic rings. The third-order valence-corrected chi connectivity index (χ3v) is 12.0. The average Bonchev–Trinajstić information content (AvgIpc) is 3.82. The van der Waals surface area contributed by atoms with Crippen LogP contribution >= 0.6 is 0 Å². The van der Waals surface area contributed by atoms with Crippen molar-refractivity contribution in [3.05, 3.63) is 162 Å². The topological polar surface area (TPSA) is 18.1 Å². The zero-order valence-corrected chi connectivity index (χ0v) is 28.6. The van der Waals surface area contributed by atoms with Gasteiger partial charge in [-0.25, -0.2) is 0 Å². The molecule has 2 heteroatoms. The third-order valence-electron chi connectivity index (χ3n) is 12.0. The predicted molar refractivity (Wildman–Crippen MR) is 209 cm³/mol. The van der Waals surface area contributed by atoms with Crippen molar-refractivity contribution < 1.29 is 4.42 Å². The fourth-order valence-corrected chi connectivity index (χ4v) is 9.52. The smallest absolute Gasteiger partial charge is 0.143 e. The molecule has 7 aromatic carbocycles. The first-order chi connectivity index (χ1) is 24.3. The summed E-state index contributed by atoms with van der Waals surface area (Å²) in [6, 6.07) is 51.7. The zero-order valence-electron chi connectivity index (χ0n) is 28.6. The van der Waals surface area contributed by atoms with Gasteiger partial charge in [-0.05, 0) is 92.5 Å². The van der Waals surface area contributed by atoms with Crippen molar-refractivity contribution in [2.24, 2.45) is 0 Å². The van der Waals surface area contributed by atoms with E-state index in [2.05, 4.69) is 172 Å². The van der Waals surface area contributed by atoms with Crippen LogP contribution in [0.3, 0.4) is 0 Å². The second kappa shape index (κ2) is 9.43. The molecule has 0 spiro atoms. The van der Waals surface area contributed by atoms with Crippen LogP contribution in [0.15, 0.2) is 144 Å². The fraction of sp³-hybridized carbons (Fsp3) is 0.125. The second-order valence-corrected chi connectivity index (χ2v) is 15.3. The van der Waals surface area contributed by atoms with Crippen LogP contribution in [0.4, 0.5) is 0 Å². The summed E-state index contributed by atoms with van der Waals surface area (Å²) < 4.78 is 9.16. The zero-order chi connectivity index (χ0) is 33.5. The molecular weight excluding hydrogens is 607 g/mol. The summed E-state index contributed by atoms with van der Waals surface area (Å²) in [4.78, 5) is 0. The van der Waals surface area contributed by atoms with E-state index >= 15 is 0 Å². The Balaban J connectivity index is 1.22. The maximum absolute atomic E-state index is 6.70. The lowest BCUT2D eigenvalue weighted by Gasteiger charge is -2.21. The third kappa shape index (κ3) is 3.43. The van der Waals surface area contributed by atoms with E-state index in [0.717, 1.165) is 11.2 Å². The molecule has 0 aliphatic heterocycles. The van der Waals surface area contributed by atoms with Crippen molar-refractivity contribution in [1.29, 1.82) is 0 Å². The van der Waals surface area contributed by atoms with Crippen LogP contribution in [-0.4, -0.2) is 4.57 Å². The summed E-state index contributed by atoms with van der Waals surface area (Å²) in [6.45, 7) is 9.44. The SMILES string of the molecule is CC1(C)c2ccccc2-c2cc3c4cc(-c5cccc6c5-c5c(ccc7c5oc5ccccc57)C6(C)C)ccc4n(-c4ccccc4)c3cc21. The average molecular weight is 642 g/mol. The van der Waals surface area contributed by atoms with Gasteiger partial charge in [0, 0.05) is 43.6 Å². The van der Waals surface area contributed by atoms with Crippen LogP contribution in [0.1, 0.15) is 49.9 Å². The molecule has 0 saturated carbocycles. The Kier molecular flexibility index (Phi) is 5.28. The van der Waals surface area contributed by atoms with E-state index in [9.17, 15) is 0 Å². The number of fused-ring (bicyclic) bond motifs is 13. The lowest BCUT2D eigenvalue weighted by molar-refractivity contribution is 0.653. The van der Waals surface area contributed by atoms with Crippen LogP contribution in [0.2, 0.25) is 0 Å². The van der Waals surface area contributed by atoms with E-state index in [1.807, 2.05) is 0 Å². The molecule has 2 aromatic heterocycles. The molecule has 2 heterocycles. The molecule has 0 radical (unpaired) electrons. The highest BCUT2D eigenvalue weighted by Gasteiger charge is 2.40. The molecule has 0 N–H and O–H groups in total. The van der Waals surface area contributed by atoms with Gasteiger partial charge in [-0.3, -0.25) is 0 Å². The quantitative estimate of drug-likeness (QED) is 0.184. The Bertz CT molecular complexity index is 2910. The highest BCUT2D eigenvalue weighted by atomic mass is 16.3. The number of furan rings is 1. The van der Waals surface area contributed by atoms with Crippen molar-refractivity contribution in [2.75, 3.05) is 0 Å². The van der Waals surface area contributed by atoms with Crippen molar-refractivity contribution >= 4 is 43.7 Å². The maximum Gasteiger partial charge on any atom is 0.143 e. The van der Waals surface area contributed by atoms with Crippen LogP contribution in [-0.2, 0) is 10.8 Å². The Morgan fingerprint density at radius 1 is 0.440 bits per heavy atom. The van der Waals surface area contributed by atoms with Crippen LogP contribution in [0, 0.1) is 0 Å². The van der Waals surface area contributed by atoms with E-state index in [0.29, 0.717) is 0 Å². The molecule has 0 atom stereocenters. The fourth-order valence-electron chi connectivity index (χ4n) is 9.52. The lowest BCUT2D eigenvalue weighted by atomic mass is 9.82. The normalized spacial score (nSPS) is 15.1. The highest BCUT2D eigenvalue weighted by molar-refractivity contribution is 6.15. The summed E-state index contributed by atoms with van der Waals surface area (Å²) in [5, 5.41) is 4.89. The first kappa shape index (κ1) is 28.0. The molecule has 0 amide bonds. The minimum Gasteiger partial charge on any atom is -0.455 e. The first-order valence-corrected chi connectivity index (χ1v) is 17.7. The van der Waals surface area contributed by atoms with Gasteiger partial charge in [0.25, 0.3) is 0 Å². The Hall–Kier alpha value is -5.86. The Labute approximate surface area is 291 Å². The Morgan fingerprint density at radius 2 is 1.14 bits per heavy atom. The van der Waals surface area contributed by atoms with Crippen molar-refractivity contribution in [3.63, 3.8) is 0 Å². The predicted octanol–water partition coefficient (Wildman–Crippen LogP) is 13.0. The van der Waals surface area contributed by atoms with E-state index in [1.165, 1.54) is 93.9 Å². The number of rotatable bonds is 2. The highest BCUT2D eigenvalue weighted by Crippen LogP contribution is 2.56. The monoisotopic (exact) mass is 641 g/mol.